The van der Waals surface area contributed by atoms with E-state index in [1.807, 2.05) is 4.90 Å². The molecule has 0 spiro atoms. The van der Waals surface area contributed by atoms with E-state index >= 15 is 0 Å². The van der Waals surface area contributed by atoms with Crippen LogP contribution in [0.5, 0.6) is 5.75 Å². The summed E-state index contributed by atoms with van der Waals surface area (Å²) >= 11 is 1.32. The van der Waals surface area contributed by atoms with E-state index in [9.17, 15) is 31.9 Å². The number of sulfone groups is 1. The smallest absolute Gasteiger partial charge is 0.323 e. The summed E-state index contributed by atoms with van der Waals surface area (Å²) < 4.78 is 56.7. The van der Waals surface area contributed by atoms with Crippen molar-refractivity contribution in [2.75, 3.05) is 50.5 Å². The molecule has 1 heterocycles. The SMILES string of the molecule is CSc1cc(F)c(F)cc1-c1ccc(OCc2cccc(C(=O)N(CCN3CCS(=O)(=O)CC3)CC(=O)O)c2)cc1. The summed E-state index contributed by atoms with van der Waals surface area (Å²) in [5.41, 5.74) is 2.29. The maximum absolute atomic E-state index is 13.8. The maximum atomic E-state index is 13.8. The zero-order valence-corrected chi connectivity index (χ0v) is 24.0. The molecule has 0 bridgehead atoms. The van der Waals surface area contributed by atoms with E-state index in [0.717, 1.165) is 0 Å². The lowest BCUT2D eigenvalue weighted by molar-refractivity contribution is -0.137. The van der Waals surface area contributed by atoms with Crippen LogP contribution in [0.2, 0.25) is 0 Å². The Morgan fingerprint density at radius 3 is 2.37 bits per heavy atom. The second-order valence-corrected chi connectivity index (χ2v) is 12.7. The quantitative estimate of drug-likeness (QED) is 0.325. The molecule has 1 fully saturated rings. The molecule has 1 aliphatic rings. The van der Waals surface area contributed by atoms with Gasteiger partial charge in [-0.1, -0.05) is 24.3 Å². The Hall–Kier alpha value is -3.48. The first-order valence-electron chi connectivity index (χ1n) is 12.8. The van der Waals surface area contributed by atoms with Crippen molar-refractivity contribution in [3.05, 3.63) is 83.4 Å². The van der Waals surface area contributed by atoms with E-state index in [1.54, 1.807) is 54.8 Å². The van der Waals surface area contributed by atoms with Crippen molar-refractivity contribution in [1.82, 2.24) is 9.80 Å². The van der Waals surface area contributed by atoms with Crippen LogP contribution in [-0.4, -0.2) is 85.7 Å². The molecule has 41 heavy (non-hydrogen) atoms. The topological polar surface area (TPSA) is 104 Å². The van der Waals surface area contributed by atoms with Gasteiger partial charge in [-0.25, -0.2) is 17.2 Å². The van der Waals surface area contributed by atoms with Gasteiger partial charge >= 0.3 is 5.97 Å². The minimum atomic E-state index is -3.04. The van der Waals surface area contributed by atoms with Crippen molar-refractivity contribution in [3.8, 4) is 16.9 Å². The molecular weight excluding hydrogens is 574 g/mol. The number of carboxylic acid groups (broad SMARTS) is 1. The number of hydrogen-bond acceptors (Lipinski definition) is 7. The average Bonchev–Trinajstić information content (AvgIpc) is 2.96. The molecule has 12 heteroatoms. The van der Waals surface area contributed by atoms with E-state index in [0.29, 0.717) is 52.5 Å². The van der Waals surface area contributed by atoms with Gasteiger partial charge in [0.2, 0.25) is 0 Å². The van der Waals surface area contributed by atoms with Crippen molar-refractivity contribution < 1.29 is 36.6 Å². The molecule has 0 aromatic heterocycles. The Morgan fingerprint density at radius 1 is 1.02 bits per heavy atom. The van der Waals surface area contributed by atoms with Gasteiger partial charge in [0.25, 0.3) is 5.91 Å². The number of rotatable bonds is 11. The summed E-state index contributed by atoms with van der Waals surface area (Å²) in [6.45, 7) is 0.886. The molecule has 0 saturated carbocycles. The number of nitrogens with zero attached hydrogens (tertiary/aromatic N) is 2. The predicted octanol–water partition coefficient (Wildman–Crippen LogP) is 4.19. The lowest BCUT2D eigenvalue weighted by Gasteiger charge is -2.29. The highest BCUT2D eigenvalue weighted by molar-refractivity contribution is 7.98. The second-order valence-electron chi connectivity index (χ2n) is 9.59. The predicted molar refractivity (Wildman–Crippen MR) is 153 cm³/mol. The van der Waals surface area contributed by atoms with Crippen LogP contribution in [0.4, 0.5) is 8.78 Å². The molecule has 0 aliphatic carbocycles. The number of aliphatic carboxylic acids is 1. The van der Waals surface area contributed by atoms with E-state index in [2.05, 4.69) is 0 Å². The molecule has 1 saturated heterocycles. The average molecular weight is 605 g/mol. The largest absolute Gasteiger partial charge is 0.489 e. The van der Waals surface area contributed by atoms with Crippen molar-refractivity contribution in [1.29, 1.82) is 0 Å². The Morgan fingerprint density at radius 2 is 1.71 bits per heavy atom. The highest BCUT2D eigenvalue weighted by Gasteiger charge is 2.24. The number of halogens is 2. The van der Waals surface area contributed by atoms with Gasteiger partial charge < -0.3 is 14.7 Å². The number of carbonyl (C=O) groups excluding carboxylic acids is 1. The second kappa shape index (κ2) is 13.5. The van der Waals surface area contributed by atoms with E-state index in [1.165, 1.54) is 28.8 Å². The third-order valence-electron chi connectivity index (χ3n) is 6.72. The van der Waals surface area contributed by atoms with Gasteiger partial charge in [-0.15, -0.1) is 11.8 Å². The highest BCUT2D eigenvalue weighted by atomic mass is 32.2. The molecule has 3 aromatic rings. The first-order valence-corrected chi connectivity index (χ1v) is 15.9. The van der Waals surface area contributed by atoms with Crippen LogP contribution in [0.25, 0.3) is 11.1 Å². The molecule has 0 radical (unpaired) electrons. The lowest BCUT2D eigenvalue weighted by atomic mass is 10.1. The summed E-state index contributed by atoms with van der Waals surface area (Å²) in [7, 11) is -3.04. The van der Waals surface area contributed by atoms with Gasteiger partial charge in [-0.2, -0.15) is 0 Å². The minimum Gasteiger partial charge on any atom is -0.489 e. The van der Waals surface area contributed by atoms with Crippen molar-refractivity contribution in [3.63, 3.8) is 0 Å². The van der Waals surface area contributed by atoms with Crippen molar-refractivity contribution in [2.24, 2.45) is 0 Å². The standard InChI is InChI=1S/C29H30F2N2O6S2/c1-40-27-17-26(31)25(30)16-24(27)21-5-7-23(8-6-21)39-19-20-3-2-4-22(15-20)29(36)33(18-28(34)35)10-9-32-11-13-41(37,38)14-12-32/h2-8,15-17H,9-14,18-19H2,1H3,(H,34,35). The molecule has 1 N–H and O–H groups in total. The molecule has 4 rings (SSSR count). The number of benzene rings is 3. The normalized spacial score (nSPS) is 14.9. The Bertz CT molecular complexity index is 1500. The first-order chi connectivity index (χ1) is 19.5. The molecule has 0 atom stereocenters. The Balaban J connectivity index is 1.39. The van der Waals surface area contributed by atoms with Crippen LogP contribution in [0.3, 0.4) is 0 Å². The van der Waals surface area contributed by atoms with Crippen LogP contribution in [-0.2, 0) is 21.2 Å². The summed E-state index contributed by atoms with van der Waals surface area (Å²) in [6, 6.07) is 16.0. The van der Waals surface area contributed by atoms with Crippen LogP contribution in [0, 0.1) is 11.6 Å². The number of ether oxygens (including phenoxy) is 1. The molecule has 8 nitrogen and oxygen atoms in total. The molecule has 3 aromatic carbocycles. The number of carbonyl (C=O) groups is 2. The van der Waals surface area contributed by atoms with Crippen LogP contribution in [0.15, 0.2) is 65.6 Å². The molecule has 0 unspecified atom stereocenters. The molecule has 1 aliphatic heterocycles. The zero-order chi connectivity index (χ0) is 29.6. The number of hydrogen-bond donors (Lipinski definition) is 1. The van der Waals surface area contributed by atoms with Gasteiger partial charge in [0.05, 0.1) is 11.5 Å². The number of carboxylic acids is 1. The van der Waals surface area contributed by atoms with Gasteiger partial charge in [0.15, 0.2) is 21.5 Å². The van der Waals surface area contributed by atoms with Crippen LogP contribution in [0.1, 0.15) is 15.9 Å². The summed E-state index contributed by atoms with van der Waals surface area (Å²) in [4.78, 5) is 28.4. The number of amides is 1. The van der Waals surface area contributed by atoms with Gasteiger partial charge in [0.1, 0.15) is 18.9 Å². The summed E-state index contributed by atoms with van der Waals surface area (Å²) in [6.07, 6.45) is 1.79. The van der Waals surface area contributed by atoms with Crippen LogP contribution >= 0.6 is 11.8 Å². The third kappa shape index (κ3) is 8.27. The minimum absolute atomic E-state index is 0.0499. The Labute approximate surface area is 241 Å². The number of thioether (sulfide) groups is 1. The van der Waals surface area contributed by atoms with Crippen molar-refractivity contribution >= 4 is 33.5 Å². The van der Waals surface area contributed by atoms with Gasteiger partial charge in [-0.3, -0.25) is 14.5 Å². The first kappa shape index (κ1) is 30.5. The Kier molecular flexibility index (Phi) is 10.0. The zero-order valence-electron chi connectivity index (χ0n) is 22.4. The summed E-state index contributed by atoms with van der Waals surface area (Å²) in [5, 5.41) is 9.35. The lowest BCUT2D eigenvalue weighted by Crippen LogP contribution is -2.46. The fraction of sp³-hybridized carbons (Fsp3) is 0.310. The molecule has 218 valence electrons. The fourth-order valence-corrected chi connectivity index (χ4v) is 6.34. The molecular formula is C29H30F2N2O6S2. The van der Waals surface area contributed by atoms with E-state index < -0.39 is 39.9 Å². The fourth-order valence-electron chi connectivity index (χ4n) is 4.45. The van der Waals surface area contributed by atoms with Gasteiger partial charge in [0, 0.05) is 36.6 Å². The maximum Gasteiger partial charge on any atom is 0.323 e. The monoisotopic (exact) mass is 604 g/mol. The van der Waals surface area contributed by atoms with E-state index in [4.69, 9.17) is 4.74 Å². The summed E-state index contributed by atoms with van der Waals surface area (Å²) in [5.74, 6) is -2.77. The van der Waals surface area contributed by atoms with E-state index in [-0.39, 0.29) is 24.7 Å². The molecule has 1 amide bonds. The van der Waals surface area contributed by atoms with Gasteiger partial charge in [-0.05, 0) is 59.3 Å². The third-order valence-corrected chi connectivity index (χ3v) is 9.11. The highest BCUT2D eigenvalue weighted by Crippen LogP contribution is 2.33. The van der Waals surface area contributed by atoms with Crippen molar-refractivity contribution in [2.45, 2.75) is 11.5 Å². The van der Waals surface area contributed by atoms with Crippen LogP contribution < -0.4 is 4.74 Å².